The van der Waals surface area contributed by atoms with Crippen LogP contribution in [0.5, 0.6) is 0 Å². The molecule has 5 nitrogen and oxygen atoms in total. The fourth-order valence-corrected chi connectivity index (χ4v) is 3.97. The second-order valence-corrected chi connectivity index (χ2v) is 8.84. The molecule has 1 aromatic heterocycles. The van der Waals surface area contributed by atoms with Crippen LogP contribution in [0.15, 0.2) is 46.9 Å². The van der Waals surface area contributed by atoms with Crippen LogP contribution in [0.25, 0.3) is 22.2 Å². The highest BCUT2D eigenvalue weighted by molar-refractivity contribution is 9.10. The lowest BCUT2D eigenvalue weighted by Gasteiger charge is -2.25. The quantitative estimate of drug-likeness (QED) is 0.580. The first-order valence-corrected chi connectivity index (χ1v) is 9.94. The van der Waals surface area contributed by atoms with Gasteiger partial charge < -0.3 is 14.6 Å². The molecule has 0 atom stereocenters. The molecule has 1 amide bonds. The van der Waals surface area contributed by atoms with Gasteiger partial charge in [-0.1, -0.05) is 34.1 Å². The minimum atomic E-state index is -0.599. The lowest BCUT2D eigenvalue weighted by Crippen LogP contribution is -2.39. The first-order valence-electron chi connectivity index (χ1n) is 9.14. The van der Waals surface area contributed by atoms with Crippen molar-refractivity contribution in [1.29, 1.82) is 0 Å². The van der Waals surface area contributed by atoms with Gasteiger partial charge in [0.1, 0.15) is 12.1 Å². The Morgan fingerprint density at radius 3 is 2.71 bits per heavy atom. The lowest BCUT2D eigenvalue weighted by atomic mass is 10.0. The van der Waals surface area contributed by atoms with Gasteiger partial charge in [0.25, 0.3) is 0 Å². The van der Waals surface area contributed by atoms with Crippen LogP contribution in [0, 0.1) is 0 Å². The SMILES string of the molecule is CC(C)(C)OC(=O)CN1C(=O)Cc2c([nH]c3ccc(Br)cc23)-c2ccccc21. The summed E-state index contributed by atoms with van der Waals surface area (Å²) in [6.45, 7) is 5.34. The number of carbonyl (C=O) groups is 2. The summed E-state index contributed by atoms with van der Waals surface area (Å²) >= 11 is 3.51. The molecule has 0 bridgehead atoms. The van der Waals surface area contributed by atoms with Crippen LogP contribution in [0.3, 0.4) is 0 Å². The van der Waals surface area contributed by atoms with Crippen molar-refractivity contribution in [2.24, 2.45) is 0 Å². The van der Waals surface area contributed by atoms with Crippen molar-refractivity contribution in [3.8, 4) is 11.3 Å². The average Bonchev–Trinajstić information content (AvgIpc) is 2.90. The van der Waals surface area contributed by atoms with Gasteiger partial charge in [-0.3, -0.25) is 9.59 Å². The van der Waals surface area contributed by atoms with Gasteiger partial charge in [0.05, 0.1) is 17.8 Å². The summed E-state index contributed by atoms with van der Waals surface area (Å²) in [5, 5.41) is 1.01. The Balaban J connectivity index is 1.82. The number of hydrogen-bond donors (Lipinski definition) is 1. The third-order valence-electron chi connectivity index (χ3n) is 4.67. The summed E-state index contributed by atoms with van der Waals surface area (Å²) in [5.41, 5.74) is 3.86. The van der Waals surface area contributed by atoms with Gasteiger partial charge in [0.15, 0.2) is 0 Å². The second-order valence-electron chi connectivity index (χ2n) is 7.93. The number of rotatable bonds is 2. The van der Waals surface area contributed by atoms with Crippen LogP contribution in [-0.2, 0) is 20.7 Å². The number of hydrogen-bond acceptors (Lipinski definition) is 3. The number of nitrogens with one attached hydrogen (secondary N) is 1. The highest BCUT2D eigenvalue weighted by atomic mass is 79.9. The van der Waals surface area contributed by atoms with Crippen LogP contribution in [-0.4, -0.2) is 29.0 Å². The van der Waals surface area contributed by atoms with Crippen molar-refractivity contribution in [3.63, 3.8) is 0 Å². The van der Waals surface area contributed by atoms with Crippen LogP contribution in [0.4, 0.5) is 5.69 Å². The van der Waals surface area contributed by atoms with E-state index in [1.54, 1.807) is 0 Å². The van der Waals surface area contributed by atoms with E-state index in [0.29, 0.717) is 5.69 Å². The average molecular weight is 441 g/mol. The van der Waals surface area contributed by atoms with E-state index in [0.717, 1.165) is 32.2 Å². The summed E-state index contributed by atoms with van der Waals surface area (Å²) in [5.74, 6) is -0.549. The van der Waals surface area contributed by atoms with Gasteiger partial charge in [0, 0.05) is 20.9 Å². The molecule has 3 aromatic rings. The molecule has 0 aliphatic carbocycles. The molecule has 144 valence electrons. The number of fused-ring (bicyclic) bond motifs is 5. The monoisotopic (exact) mass is 440 g/mol. The molecule has 4 rings (SSSR count). The molecule has 0 saturated carbocycles. The first kappa shape index (κ1) is 18.7. The molecular formula is C22H21BrN2O3. The maximum atomic E-state index is 13.2. The number of aromatic amines is 1. The molecule has 2 aromatic carbocycles. The van der Waals surface area contributed by atoms with Crippen LogP contribution in [0.1, 0.15) is 26.3 Å². The summed E-state index contributed by atoms with van der Waals surface area (Å²) in [7, 11) is 0. The Hall–Kier alpha value is -2.60. The minimum absolute atomic E-state index is 0.112. The third kappa shape index (κ3) is 3.44. The van der Waals surface area contributed by atoms with Crippen molar-refractivity contribution in [2.45, 2.75) is 32.8 Å². The van der Waals surface area contributed by atoms with Crippen LogP contribution >= 0.6 is 15.9 Å². The van der Waals surface area contributed by atoms with E-state index in [1.165, 1.54) is 4.90 Å². The van der Waals surface area contributed by atoms with E-state index in [2.05, 4.69) is 20.9 Å². The van der Waals surface area contributed by atoms with Gasteiger partial charge >= 0.3 is 5.97 Å². The Bertz CT molecular complexity index is 1090. The predicted molar refractivity (Wildman–Crippen MR) is 113 cm³/mol. The fourth-order valence-electron chi connectivity index (χ4n) is 3.61. The molecule has 2 heterocycles. The molecule has 6 heteroatoms. The van der Waals surface area contributed by atoms with Crippen molar-refractivity contribution >= 4 is 44.4 Å². The number of aromatic nitrogens is 1. The minimum Gasteiger partial charge on any atom is -0.459 e. The Kier molecular flexibility index (Phi) is 4.54. The van der Waals surface area contributed by atoms with E-state index in [1.807, 2.05) is 63.2 Å². The largest absolute Gasteiger partial charge is 0.459 e. The normalized spacial score (nSPS) is 13.9. The summed E-state index contributed by atoms with van der Waals surface area (Å²) < 4.78 is 6.40. The molecule has 28 heavy (non-hydrogen) atoms. The zero-order chi connectivity index (χ0) is 20.1. The number of H-pyrrole nitrogens is 1. The molecule has 0 radical (unpaired) electrons. The topological polar surface area (TPSA) is 62.4 Å². The second kappa shape index (κ2) is 6.78. The van der Waals surface area contributed by atoms with E-state index >= 15 is 0 Å². The van der Waals surface area contributed by atoms with E-state index in [4.69, 9.17) is 4.74 Å². The standard InChI is InChI=1S/C22H21BrN2O3/c1-22(2,3)28-20(27)12-25-18-7-5-4-6-14(18)21-16(11-19(25)26)15-10-13(23)8-9-17(15)24-21/h4-10,24H,11-12H2,1-3H3. The molecule has 0 fully saturated rings. The number of nitrogens with zero attached hydrogens (tertiary/aromatic N) is 1. The van der Waals surface area contributed by atoms with Gasteiger partial charge in [0.2, 0.25) is 5.91 Å². The highest BCUT2D eigenvalue weighted by Crippen LogP contribution is 2.40. The Morgan fingerprint density at radius 1 is 1.21 bits per heavy atom. The Labute approximate surface area is 171 Å². The third-order valence-corrected chi connectivity index (χ3v) is 5.16. The maximum absolute atomic E-state index is 13.2. The van der Waals surface area contributed by atoms with Crippen molar-refractivity contribution in [3.05, 3.63) is 52.5 Å². The van der Waals surface area contributed by atoms with Gasteiger partial charge in [-0.2, -0.15) is 0 Å². The van der Waals surface area contributed by atoms with E-state index < -0.39 is 11.6 Å². The summed E-state index contributed by atoms with van der Waals surface area (Å²) in [4.78, 5) is 30.6. The molecule has 0 spiro atoms. The van der Waals surface area contributed by atoms with Crippen molar-refractivity contribution in [1.82, 2.24) is 4.98 Å². The number of carbonyl (C=O) groups excluding carboxylic acids is 2. The summed E-state index contributed by atoms with van der Waals surface area (Å²) in [6, 6.07) is 13.6. The lowest BCUT2D eigenvalue weighted by molar-refractivity contribution is -0.153. The van der Waals surface area contributed by atoms with Crippen molar-refractivity contribution < 1.29 is 14.3 Å². The number of anilines is 1. The number of para-hydroxylation sites is 1. The molecule has 1 N–H and O–H groups in total. The molecule has 0 unspecified atom stereocenters. The van der Waals surface area contributed by atoms with Crippen LogP contribution < -0.4 is 4.90 Å². The van der Waals surface area contributed by atoms with Gasteiger partial charge in [-0.05, 0) is 50.6 Å². The Morgan fingerprint density at radius 2 is 1.96 bits per heavy atom. The number of esters is 1. The zero-order valence-corrected chi connectivity index (χ0v) is 17.6. The smallest absolute Gasteiger partial charge is 0.326 e. The van der Waals surface area contributed by atoms with Crippen LogP contribution in [0.2, 0.25) is 0 Å². The first-order chi connectivity index (χ1) is 13.2. The molecular weight excluding hydrogens is 420 g/mol. The predicted octanol–water partition coefficient (Wildman–Crippen LogP) is 4.83. The highest BCUT2D eigenvalue weighted by Gasteiger charge is 2.30. The fraction of sp³-hybridized carbons (Fsp3) is 0.273. The van der Waals surface area contributed by atoms with E-state index in [-0.39, 0.29) is 18.9 Å². The number of benzene rings is 2. The van der Waals surface area contributed by atoms with E-state index in [9.17, 15) is 9.59 Å². The maximum Gasteiger partial charge on any atom is 0.326 e. The summed E-state index contributed by atoms with van der Waals surface area (Å²) in [6.07, 6.45) is 0.212. The molecule has 1 aliphatic rings. The number of halogens is 1. The molecule has 1 aliphatic heterocycles. The number of ether oxygens (including phenoxy) is 1. The van der Waals surface area contributed by atoms with Gasteiger partial charge in [-0.25, -0.2) is 0 Å². The number of amides is 1. The van der Waals surface area contributed by atoms with Crippen molar-refractivity contribution in [2.75, 3.05) is 11.4 Å². The molecule has 0 saturated heterocycles. The zero-order valence-electron chi connectivity index (χ0n) is 16.0. The van der Waals surface area contributed by atoms with Gasteiger partial charge in [-0.15, -0.1) is 0 Å².